The third-order valence-electron chi connectivity index (χ3n) is 3.71. The molecule has 0 spiro atoms. The second-order valence-corrected chi connectivity index (χ2v) is 7.32. The molecule has 1 aliphatic rings. The quantitative estimate of drug-likeness (QED) is 0.869. The van der Waals surface area contributed by atoms with Gasteiger partial charge in [0.25, 0.3) is 0 Å². The van der Waals surface area contributed by atoms with Crippen LogP contribution in [0.3, 0.4) is 0 Å². The first kappa shape index (κ1) is 12.4. The fraction of sp³-hybridized carbons (Fsp3) is 0.333. The number of hydrogen-bond donors (Lipinski definition) is 1. The topological polar surface area (TPSA) is 12.0 Å². The van der Waals surface area contributed by atoms with Gasteiger partial charge in [-0.15, -0.1) is 11.3 Å². The summed E-state index contributed by atoms with van der Waals surface area (Å²) in [6.07, 6.45) is 1.30. The van der Waals surface area contributed by atoms with Crippen molar-refractivity contribution in [3.8, 4) is 0 Å². The zero-order valence-electron chi connectivity index (χ0n) is 10.3. The van der Waals surface area contributed by atoms with Crippen LogP contribution in [-0.4, -0.2) is 7.05 Å². The van der Waals surface area contributed by atoms with Crippen LogP contribution in [0.1, 0.15) is 28.8 Å². The maximum Gasteiger partial charge on any atom is 0.0701 e. The van der Waals surface area contributed by atoms with E-state index < -0.39 is 0 Å². The molecule has 1 aromatic carbocycles. The number of rotatable bonds is 4. The van der Waals surface area contributed by atoms with Gasteiger partial charge >= 0.3 is 0 Å². The first-order chi connectivity index (χ1) is 8.79. The van der Waals surface area contributed by atoms with Gasteiger partial charge in [0.2, 0.25) is 0 Å². The Morgan fingerprint density at radius 1 is 1.22 bits per heavy atom. The second-order valence-electron chi connectivity index (χ2n) is 4.82. The summed E-state index contributed by atoms with van der Waals surface area (Å²) in [6, 6.07) is 15.7. The van der Waals surface area contributed by atoms with Crippen molar-refractivity contribution < 1.29 is 0 Å². The van der Waals surface area contributed by atoms with Gasteiger partial charge in [-0.3, -0.25) is 0 Å². The molecule has 0 radical (unpaired) electrons. The van der Waals surface area contributed by atoms with E-state index in [0.29, 0.717) is 6.04 Å². The lowest BCUT2D eigenvalue weighted by atomic mass is 10.0. The molecule has 1 heterocycles. The van der Waals surface area contributed by atoms with E-state index in [1.165, 1.54) is 20.6 Å². The molecule has 3 heteroatoms. The van der Waals surface area contributed by atoms with Gasteiger partial charge in [0.15, 0.2) is 0 Å². The Morgan fingerprint density at radius 3 is 2.61 bits per heavy atom. The summed E-state index contributed by atoms with van der Waals surface area (Å²) < 4.78 is 1.22. The Balaban J connectivity index is 1.76. The molecule has 2 aromatic rings. The normalized spacial score (nSPS) is 23.9. The standard InChI is InChI=1S/C15H16BrNS/c1-17-15(13-7-8-14(16)18-13)12-9-11(12)10-5-3-2-4-6-10/h2-8,11-12,15,17H,9H2,1H3. The molecule has 1 aromatic heterocycles. The van der Waals surface area contributed by atoms with Crippen molar-refractivity contribution in [3.63, 3.8) is 0 Å². The Bertz CT molecular complexity index is 522. The number of thiophene rings is 1. The summed E-state index contributed by atoms with van der Waals surface area (Å²) in [7, 11) is 2.07. The van der Waals surface area contributed by atoms with Gasteiger partial charge in [-0.25, -0.2) is 0 Å². The fourth-order valence-electron chi connectivity index (χ4n) is 2.73. The van der Waals surface area contributed by atoms with Gasteiger partial charge < -0.3 is 5.32 Å². The Labute approximate surface area is 120 Å². The van der Waals surface area contributed by atoms with Crippen LogP contribution in [0.25, 0.3) is 0 Å². The van der Waals surface area contributed by atoms with E-state index in [0.717, 1.165) is 11.8 Å². The molecule has 94 valence electrons. The molecular formula is C15H16BrNS. The van der Waals surface area contributed by atoms with E-state index in [2.05, 4.69) is 70.8 Å². The molecule has 3 atom stereocenters. The highest BCUT2D eigenvalue weighted by Crippen LogP contribution is 2.54. The molecule has 1 nitrogen and oxygen atoms in total. The molecule has 0 bridgehead atoms. The minimum Gasteiger partial charge on any atom is -0.312 e. The third kappa shape index (κ3) is 2.40. The number of halogens is 1. The molecule has 0 aliphatic heterocycles. The molecule has 0 saturated heterocycles. The average molecular weight is 322 g/mol. The minimum atomic E-state index is 0.492. The van der Waals surface area contributed by atoms with Crippen LogP contribution in [0.15, 0.2) is 46.3 Å². The molecule has 1 aliphatic carbocycles. The number of nitrogens with one attached hydrogen (secondary N) is 1. The van der Waals surface area contributed by atoms with Crippen LogP contribution in [0.2, 0.25) is 0 Å². The average Bonchev–Trinajstić information content (AvgIpc) is 3.07. The Hall–Kier alpha value is -0.640. The summed E-state index contributed by atoms with van der Waals surface area (Å²) in [5, 5.41) is 3.48. The molecule has 1 fully saturated rings. The Kier molecular flexibility index (Phi) is 3.55. The van der Waals surface area contributed by atoms with Crippen molar-refractivity contribution in [1.82, 2.24) is 5.32 Å². The van der Waals surface area contributed by atoms with Crippen molar-refractivity contribution in [1.29, 1.82) is 0 Å². The molecule has 18 heavy (non-hydrogen) atoms. The van der Waals surface area contributed by atoms with Gasteiger partial charge in [-0.1, -0.05) is 30.3 Å². The van der Waals surface area contributed by atoms with Crippen molar-refractivity contribution in [2.24, 2.45) is 5.92 Å². The summed E-state index contributed by atoms with van der Waals surface area (Å²) in [6.45, 7) is 0. The summed E-state index contributed by atoms with van der Waals surface area (Å²) in [4.78, 5) is 1.44. The highest BCUT2D eigenvalue weighted by Gasteiger charge is 2.44. The van der Waals surface area contributed by atoms with Crippen molar-refractivity contribution in [3.05, 3.63) is 56.7 Å². The van der Waals surface area contributed by atoms with E-state index >= 15 is 0 Å². The molecular weight excluding hydrogens is 306 g/mol. The smallest absolute Gasteiger partial charge is 0.0701 e. The lowest BCUT2D eigenvalue weighted by molar-refractivity contribution is 0.526. The number of benzene rings is 1. The zero-order valence-corrected chi connectivity index (χ0v) is 12.7. The molecule has 3 rings (SSSR count). The Morgan fingerprint density at radius 2 is 2.00 bits per heavy atom. The second kappa shape index (κ2) is 5.16. The first-order valence-electron chi connectivity index (χ1n) is 6.27. The van der Waals surface area contributed by atoms with Gasteiger partial charge in [-0.2, -0.15) is 0 Å². The largest absolute Gasteiger partial charge is 0.312 e. The van der Waals surface area contributed by atoms with E-state index in [4.69, 9.17) is 0 Å². The monoisotopic (exact) mass is 321 g/mol. The van der Waals surface area contributed by atoms with Gasteiger partial charge in [0.1, 0.15) is 0 Å². The third-order valence-corrected chi connectivity index (χ3v) is 5.41. The summed E-state index contributed by atoms with van der Waals surface area (Å²) >= 11 is 5.39. The predicted molar refractivity (Wildman–Crippen MR) is 81.1 cm³/mol. The van der Waals surface area contributed by atoms with E-state index in [9.17, 15) is 0 Å². The molecule has 1 saturated carbocycles. The van der Waals surface area contributed by atoms with Crippen LogP contribution in [-0.2, 0) is 0 Å². The molecule has 1 N–H and O–H groups in total. The molecule has 0 amide bonds. The maximum absolute atomic E-state index is 3.55. The van der Waals surface area contributed by atoms with Crippen molar-refractivity contribution in [2.45, 2.75) is 18.4 Å². The number of hydrogen-bond acceptors (Lipinski definition) is 2. The van der Waals surface area contributed by atoms with E-state index in [1.807, 2.05) is 11.3 Å². The lowest BCUT2D eigenvalue weighted by Gasteiger charge is -2.14. The summed E-state index contributed by atoms with van der Waals surface area (Å²) in [5.74, 6) is 1.47. The minimum absolute atomic E-state index is 0.492. The molecule has 3 unspecified atom stereocenters. The van der Waals surface area contributed by atoms with Crippen molar-refractivity contribution >= 4 is 27.3 Å². The lowest BCUT2D eigenvalue weighted by Crippen LogP contribution is -2.17. The van der Waals surface area contributed by atoms with Crippen LogP contribution in [0, 0.1) is 5.92 Å². The van der Waals surface area contributed by atoms with E-state index in [1.54, 1.807) is 0 Å². The van der Waals surface area contributed by atoms with Gasteiger partial charge in [0, 0.05) is 10.9 Å². The SMILES string of the molecule is CNC(c1ccc(Br)s1)C1CC1c1ccccc1. The zero-order chi connectivity index (χ0) is 12.5. The van der Waals surface area contributed by atoms with E-state index in [-0.39, 0.29) is 0 Å². The highest BCUT2D eigenvalue weighted by molar-refractivity contribution is 9.11. The maximum atomic E-state index is 3.55. The predicted octanol–water partition coefficient (Wildman–Crippen LogP) is 4.57. The van der Waals surface area contributed by atoms with Gasteiger partial charge in [0.05, 0.1) is 3.79 Å². The van der Waals surface area contributed by atoms with Crippen molar-refractivity contribution in [2.75, 3.05) is 7.05 Å². The fourth-order valence-corrected chi connectivity index (χ4v) is 4.34. The van der Waals surface area contributed by atoms with Gasteiger partial charge in [-0.05, 0) is 58.9 Å². The van der Waals surface area contributed by atoms with Crippen LogP contribution >= 0.6 is 27.3 Å². The van der Waals surface area contributed by atoms with Crippen LogP contribution in [0.4, 0.5) is 0 Å². The van der Waals surface area contributed by atoms with Crippen LogP contribution < -0.4 is 5.32 Å². The summed E-state index contributed by atoms with van der Waals surface area (Å²) in [5.41, 5.74) is 1.48. The first-order valence-corrected chi connectivity index (χ1v) is 7.88. The van der Waals surface area contributed by atoms with Crippen LogP contribution in [0.5, 0.6) is 0 Å². The highest BCUT2D eigenvalue weighted by atomic mass is 79.9.